The first-order valence-corrected chi connectivity index (χ1v) is 7.05. The maximum Gasteiger partial charge on any atom is 0.116 e. The number of nitrogens with zero attached hydrogens (tertiary/aromatic N) is 1. The molecule has 0 spiro atoms. The van der Waals surface area contributed by atoms with E-state index in [1.54, 1.807) is 11.3 Å². The fourth-order valence-corrected chi connectivity index (χ4v) is 3.64. The molecule has 0 amide bonds. The van der Waals surface area contributed by atoms with E-state index >= 15 is 0 Å². The fourth-order valence-electron chi connectivity index (χ4n) is 2.28. The minimum Gasteiger partial charge on any atom is -0.376 e. The van der Waals surface area contributed by atoms with Crippen LogP contribution in [-0.2, 0) is 15.7 Å². The lowest BCUT2D eigenvalue weighted by atomic mass is 9.91. The second-order valence-electron chi connectivity index (χ2n) is 5.77. The minimum absolute atomic E-state index is 0.0891. The number of aromatic nitrogens is 1. The lowest BCUT2D eigenvalue weighted by Crippen LogP contribution is -2.45. The maximum absolute atomic E-state index is 5.71. The molecule has 0 radical (unpaired) electrons. The van der Waals surface area contributed by atoms with E-state index in [0.29, 0.717) is 0 Å². The van der Waals surface area contributed by atoms with Crippen molar-refractivity contribution in [1.82, 2.24) is 10.3 Å². The highest BCUT2D eigenvalue weighted by Crippen LogP contribution is 2.38. The Morgan fingerprint density at radius 2 is 2.24 bits per heavy atom. The number of likely N-dealkylation sites (N-methyl/N-ethyl adjacent to an activating group) is 1. The van der Waals surface area contributed by atoms with Crippen molar-refractivity contribution in [2.75, 3.05) is 13.7 Å². The molecule has 2 atom stereocenters. The third-order valence-corrected chi connectivity index (χ3v) is 4.68. The minimum atomic E-state index is -0.0891. The molecule has 17 heavy (non-hydrogen) atoms. The van der Waals surface area contributed by atoms with E-state index in [1.165, 1.54) is 5.69 Å². The lowest BCUT2D eigenvalue weighted by Gasteiger charge is -2.29. The number of nitrogens with one attached hydrogen (secondary N) is 1. The van der Waals surface area contributed by atoms with Crippen molar-refractivity contribution in [3.05, 3.63) is 16.1 Å². The summed E-state index contributed by atoms with van der Waals surface area (Å²) in [6.07, 6.45) is 1.19. The Balaban J connectivity index is 2.36. The van der Waals surface area contributed by atoms with Crippen molar-refractivity contribution in [1.29, 1.82) is 0 Å². The molecule has 0 bridgehead atoms. The van der Waals surface area contributed by atoms with Gasteiger partial charge in [0, 0.05) is 17.4 Å². The molecule has 4 heteroatoms. The second kappa shape index (κ2) is 4.34. The van der Waals surface area contributed by atoms with Crippen LogP contribution in [0.25, 0.3) is 0 Å². The molecule has 1 aromatic rings. The standard InChI is InChI=1S/C13H22N2OS/c1-9-13(14-5,6-7-16-9)11-15-10(8-17-11)12(2,3)4/h8-9,14H,6-7H2,1-5H3. The van der Waals surface area contributed by atoms with Gasteiger partial charge in [-0.3, -0.25) is 0 Å². The first-order chi connectivity index (χ1) is 7.90. The van der Waals surface area contributed by atoms with Gasteiger partial charge in [0.1, 0.15) is 5.01 Å². The Labute approximate surface area is 108 Å². The van der Waals surface area contributed by atoms with Crippen LogP contribution in [0.1, 0.15) is 44.8 Å². The van der Waals surface area contributed by atoms with Crippen LogP contribution in [0.3, 0.4) is 0 Å². The third-order valence-electron chi connectivity index (χ3n) is 3.66. The summed E-state index contributed by atoms with van der Waals surface area (Å²) in [4.78, 5) is 4.83. The normalized spacial score (nSPS) is 29.8. The molecule has 3 nitrogen and oxygen atoms in total. The summed E-state index contributed by atoms with van der Waals surface area (Å²) in [5.74, 6) is 0. The lowest BCUT2D eigenvalue weighted by molar-refractivity contribution is 0.0847. The molecule has 1 saturated heterocycles. The highest BCUT2D eigenvalue weighted by molar-refractivity contribution is 7.09. The van der Waals surface area contributed by atoms with Crippen molar-refractivity contribution in [3.63, 3.8) is 0 Å². The van der Waals surface area contributed by atoms with Gasteiger partial charge in [-0.25, -0.2) is 4.98 Å². The van der Waals surface area contributed by atoms with E-state index in [1.807, 2.05) is 7.05 Å². The number of hydrogen-bond acceptors (Lipinski definition) is 4. The maximum atomic E-state index is 5.71. The van der Waals surface area contributed by atoms with Gasteiger partial charge in [0.15, 0.2) is 0 Å². The summed E-state index contributed by atoms with van der Waals surface area (Å²) in [5, 5.41) is 6.77. The Hall–Kier alpha value is -0.450. The van der Waals surface area contributed by atoms with Crippen LogP contribution in [0.15, 0.2) is 5.38 Å². The first kappa shape index (κ1) is 13.0. The molecule has 1 N–H and O–H groups in total. The first-order valence-electron chi connectivity index (χ1n) is 6.17. The topological polar surface area (TPSA) is 34.2 Å². The van der Waals surface area contributed by atoms with Gasteiger partial charge in [-0.15, -0.1) is 11.3 Å². The zero-order chi connectivity index (χ0) is 12.7. The van der Waals surface area contributed by atoms with Gasteiger partial charge in [-0.1, -0.05) is 20.8 Å². The summed E-state index contributed by atoms with van der Waals surface area (Å²) < 4.78 is 5.71. The average molecular weight is 254 g/mol. The van der Waals surface area contributed by atoms with Crippen LogP contribution >= 0.6 is 11.3 Å². The van der Waals surface area contributed by atoms with E-state index in [9.17, 15) is 0 Å². The predicted molar refractivity (Wildman–Crippen MR) is 71.6 cm³/mol. The third kappa shape index (κ3) is 2.14. The van der Waals surface area contributed by atoms with Crippen LogP contribution < -0.4 is 5.32 Å². The summed E-state index contributed by atoms with van der Waals surface area (Å²) in [5.41, 5.74) is 1.20. The quantitative estimate of drug-likeness (QED) is 0.881. The second-order valence-corrected chi connectivity index (χ2v) is 6.63. The molecular weight excluding hydrogens is 232 g/mol. The smallest absolute Gasteiger partial charge is 0.116 e. The molecule has 2 rings (SSSR count). The van der Waals surface area contributed by atoms with Crippen LogP contribution in [0.2, 0.25) is 0 Å². The number of thiazole rings is 1. The Morgan fingerprint density at radius 1 is 1.53 bits per heavy atom. The van der Waals surface area contributed by atoms with Crippen molar-refractivity contribution in [2.45, 2.75) is 51.2 Å². The SMILES string of the molecule is CNC1(c2nc(C(C)(C)C)cs2)CCOC1C. The number of ether oxygens (including phenoxy) is 1. The summed E-state index contributed by atoms with van der Waals surface area (Å²) in [6.45, 7) is 9.54. The van der Waals surface area contributed by atoms with Crippen molar-refractivity contribution < 1.29 is 4.74 Å². The van der Waals surface area contributed by atoms with Crippen LogP contribution in [0.5, 0.6) is 0 Å². The zero-order valence-corrected chi connectivity index (χ0v) is 12.1. The van der Waals surface area contributed by atoms with Crippen LogP contribution in [0, 0.1) is 0 Å². The predicted octanol–water partition coefficient (Wildman–Crippen LogP) is 2.66. The fraction of sp³-hybridized carbons (Fsp3) is 0.769. The molecule has 1 aromatic heterocycles. The van der Waals surface area contributed by atoms with E-state index < -0.39 is 0 Å². The van der Waals surface area contributed by atoms with Gasteiger partial charge >= 0.3 is 0 Å². The Bertz CT molecular complexity index is 396. The molecular formula is C13H22N2OS. The summed E-state index contributed by atoms with van der Waals surface area (Å²) in [7, 11) is 2.00. The molecule has 1 aliphatic rings. The van der Waals surface area contributed by atoms with Crippen LogP contribution in [-0.4, -0.2) is 24.7 Å². The molecule has 2 unspecified atom stereocenters. The monoisotopic (exact) mass is 254 g/mol. The molecule has 2 heterocycles. The Kier molecular flexibility index (Phi) is 3.31. The van der Waals surface area contributed by atoms with Crippen molar-refractivity contribution >= 4 is 11.3 Å². The van der Waals surface area contributed by atoms with E-state index in [2.05, 4.69) is 38.4 Å². The van der Waals surface area contributed by atoms with Gasteiger partial charge in [0.2, 0.25) is 0 Å². The molecule has 1 fully saturated rings. The van der Waals surface area contributed by atoms with Crippen LogP contribution in [0.4, 0.5) is 0 Å². The van der Waals surface area contributed by atoms with Gasteiger partial charge in [-0.05, 0) is 20.4 Å². The zero-order valence-electron chi connectivity index (χ0n) is 11.3. The van der Waals surface area contributed by atoms with Crippen molar-refractivity contribution in [2.24, 2.45) is 0 Å². The summed E-state index contributed by atoms with van der Waals surface area (Å²) >= 11 is 1.75. The van der Waals surface area contributed by atoms with Gasteiger partial charge in [-0.2, -0.15) is 0 Å². The van der Waals surface area contributed by atoms with E-state index in [0.717, 1.165) is 18.0 Å². The van der Waals surface area contributed by atoms with Crippen molar-refractivity contribution in [3.8, 4) is 0 Å². The highest BCUT2D eigenvalue weighted by Gasteiger charge is 2.44. The largest absolute Gasteiger partial charge is 0.376 e. The number of rotatable bonds is 2. The van der Waals surface area contributed by atoms with Gasteiger partial charge in [0.05, 0.1) is 17.3 Å². The van der Waals surface area contributed by atoms with Gasteiger partial charge in [0.25, 0.3) is 0 Å². The van der Waals surface area contributed by atoms with E-state index in [-0.39, 0.29) is 17.1 Å². The molecule has 0 aliphatic carbocycles. The average Bonchev–Trinajstić information content (AvgIpc) is 2.83. The van der Waals surface area contributed by atoms with Gasteiger partial charge < -0.3 is 10.1 Å². The molecule has 96 valence electrons. The van der Waals surface area contributed by atoms with E-state index in [4.69, 9.17) is 9.72 Å². The molecule has 0 aromatic carbocycles. The molecule has 0 saturated carbocycles. The summed E-state index contributed by atoms with van der Waals surface area (Å²) in [6, 6.07) is 0. The Morgan fingerprint density at radius 3 is 2.65 bits per heavy atom. The highest BCUT2D eigenvalue weighted by atomic mass is 32.1. The number of hydrogen-bond donors (Lipinski definition) is 1. The molecule has 1 aliphatic heterocycles.